The number of aliphatic imine (C=N–C) groups is 1. The van der Waals surface area contributed by atoms with E-state index in [1.807, 2.05) is 36.5 Å². The molecule has 0 aliphatic rings. The van der Waals surface area contributed by atoms with Crippen molar-refractivity contribution >= 4 is 23.3 Å². The fourth-order valence-electron chi connectivity index (χ4n) is 2.20. The molecule has 0 radical (unpaired) electrons. The van der Waals surface area contributed by atoms with Crippen LogP contribution in [0.15, 0.2) is 53.5 Å². The van der Waals surface area contributed by atoms with Gasteiger partial charge in [0, 0.05) is 31.9 Å². The summed E-state index contributed by atoms with van der Waals surface area (Å²) in [7, 11) is 4.13. The van der Waals surface area contributed by atoms with Gasteiger partial charge in [0.1, 0.15) is 0 Å². The SMILES string of the molecule is CCC(C)Nc1c(C=Nc2ccccc2)cccc1N(C)C. The van der Waals surface area contributed by atoms with E-state index in [1.54, 1.807) is 0 Å². The highest BCUT2D eigenvalue weighted by molar-refractivity contribution is 5.94. The van der Waals surface area contributed by atoms with Crippen molar-refractivity contribution in [1.29, 1.82) is 0 Å². The molecule has 0 saturated heterocycles. The van der Waals surface area contributed by atoms with Gasteiger partial charge in [-0.05, 0) is 31.5 Å². The Labute approximate surface area is 133 Å². The van der Waals surface area contributed by atoms with Crippen LogP contribution >= 0.6 is 0 Å². The van der Waals surface area contributed by atoms with Gasteiger partial charge in [0.2, 0.25) is 0 Å². The first-order valence-electron chi connectivity index (χ1n) is 7.77. The minimum absolute atomic E-state index is 0.421. The molecule has 2 aromatic rings. The zero-order valence-electron chi connectivity index (χ0n) is 13.9. The van der Waals surface area contributed by atoms with Crippen LogP contribution in [0.2, 0.25) is 0 Å². The molecule has 0 fully saturated rings. The lowest BCUT2D eigenvalue weighted by molar-refractivity contribution is 0.763. The van der Waals surface area contributed by atoms with Crippen molar-refractivity contribution in [2.24, 2.45) is 4.99 Å². The van der Waals surface area contributed by atoms with Gasteiger partial charge in [-0.25, -0.2) is 0 Å². The number of hydrogen-bond donors (Lipinski definition) is 1. The standard InChI is InChI=1S/C19H25N3/c1-5-15(2)21-19-16(10-9-13-18(19)22(3)4)14-20-17-11-7-6-8-12-17/h6-15,21H,5H2,1-4H3. The van der Waals surface area contributed by atoms with Crippen molar-refractivity contribution in [2.75, 3.05) is 24.3 Å². The molecule has 0 saturated carbocycles. The van der Waals surface area contributed by atoms with Crippen LogP contribution in [0.3, 0.4) is 0 Å². The van der Waals surface area contributed by atoms with Crippen molar-refractivity contribution in [3.8, 4) is 0 Å². The minimum atomic E-state index is 0.421. The third-order valence-corrected chi connectivity index (χ3v) is 3.67. The number of benzene rings is 2. The van der Waals surface area contributed by atoms with E-state index in [0.29, 0.717) is 6.04 Å². The largest absolute Gasteiger partial charge is 0.380 e. The number of anilines is 2. The quantitative estimate of drug-likeness (QED) is 0.781. The fraction of sp³-hybridized carbons (Fsp3) is 0.316. The predicted octanol–water partition coefficient (Wildman–Crippen LogP) is 4.71. The van der Waals surface area contributed by atoms with Crippen molar-refractivity contribution in [3.05, 3.63) is 54.1 Å². The Kier molecular flexibility index (Phi) is 5.59. The van der Waals surface area contributed by atoms with E-state index in [-0.39, 0.29) is 0 Å². The average Bonchev–Trinajstić information content (AvgIpc) is 2.54. The Morgan fingerprint density at radius 2 is 1.82 bits per heavy atom. The van der Waals surface area contributed by atoms with E-state index in [0.717, 1.165) is 23.4 Å². The van der Waals surface area contributed by atoms with Crippen LogP contribution < -0.4 is 10.2 Å². The van der Waals surface area contributed by atoms with Gasteiger partial charge in [-0.1, -0.05) is 37.3 Å². The smallest absolute Gasteiger partial charge is 0.0669 e. The van der Waals surface area contributed by atoms with Crippen LogP contribution in [0.4, 0.5) is 17.1 Å². The summed E-state index contributed by atoms with van der Waals surface area (Å²) >= 11 is 0. The summed E-state index contributed by atoms with van der Waals surface area (Å²) in [6, 6.07) is 16.7. The molecule has 2 rings (SSSR count). The normalized spacial score (nSPS) is 12.4. The van der Waals surface area contributed by atoms with E-state index in [2.05, 4.69) is 61.4 Å². The van der Waals surface area contributed by atoms with Crippen LogP contribution in [0.25, 0.3) is 0 Å². The molecule has 0 spiro atoms. The zero-order chi connectivity index (χ0) is 15.9. The molecule has 116 valence electrons. The molecular weight excluding hydrogens is 270 g/mol. The van der Waals surface area contributed by atoms with Gasteiger partial charge >= 0.3 is 0 Å². The monoisotopic (exact) mass is 295 g/mol. The summed E-state index contributed by atoms with van der Waals surface area (Å²) in [4.78, 5) is 6.72. The van der Waals surface area contributed by atoms with Gasteiger partial charge in [-0.3, -0.25) is 4.99 Å². The second-order valence-corrected chi connectivity index (χ2v) is 5.68. The molecular formula is C19H25N3. The Morgan fingerprint density at radius 3 is 2.45 bits per heavy atom. The van der Waals surface area contributed by atoms with Gasteiger partial charge in [0.25, 0.3) is 0 Å². The Morgan fingerprint density at radius 1 is 1.09 bits per heavy atom. The summed E-state index contributed by atoms with van der Waals surface area (Å²) in [6.07, 6.45) is 3.02. The molecule has 0 aliphatic heterocycles. The first-order chi connectivity index (χ1) is 10.6. The van der Waals surface area contributed by atoms with Crippen LogP contribution in [-0.2, 0) is 0 Å². The summed E-state index contributed by atoms with van der Waals surface area (Å²) < 4.78 is 0. The topological polar surface area (TPSA) is 27.6 Å². The van der Waals surface area contributed by atoms with Crippen molar-refractivity contribution in [1.82, 2.24) is 0 Å². The lowest BCUT2D eigenvalue weighted by Crippen LogP contribution is -2.19. The minimum Gasteiger partial charge on any atom is -0.380 e. The number of nitrogens with one attached hydrogen (secondary N) is 1. The molecule has 3 nitrogen and oxygen atoms in total. The highest BCUT2D eigenvalue weighted by Gasteiger charge is 2.10. The highest BCUT2D eigenvalue weighted by Crippen LogP contribution is 2.29. The molecule has 0 aromatic heterocycles. The van der Waals surface area contributed by atoms with Crippen molar-refractivity contribution in [2.45, 2.75) is 26.3 Å². The fourth-order valence-corrected chi connectivity index (χ4v) is 2.20. The van der Waals surface area contributed by atoms with Gasteiger partial charge in [0.05, 0.1) is 17.1 Å². The van der Waals surface area contributed by atoms with E-state index in [9.17, 15) is 0 Å². The lowest BCUT2D eigenvalue weighted by Gasteiger charge is -2.23. The van der Waals surface area contributed by atoms with Gasteiger partial charge in [-0.2, -0.15) is 0 Å². The number of nitrogens with zero attached hydrogens (tertiary/aromatic N) is 2. The Balaban J connectivity index is 2.37. The van der Waals surface area contributed by atoms with E-state index >= 15 is 0 Å². The first kappa shape index (κ1) is 16.1. The van der Waals surface area contributed by atoms with Crippen LogP contribution in [0.1, 0.15) is 25.8 Å². The zero-order valence-corrected chi connectivity index (χ0v) is 13.9. The van der Waals surface area contributed by atoms with E-state index in [1.165, 1.54) is 5.69 Å². The summed E-state index contributed by atoms with van der Waals surface area (Å²) in [6.45, 7) is 4.39. The molecule has 0 aliphatic carbocycles. The number of hydrogen-bond acceptors (Lipinski definition) is 3. The number of rotatable bonds is 6. The van der Waals surface area contributed by atoms with Gasteiger partial charge in [0.15, 0.2) is 0 Å². The van der Waals surface area contributed by atoms with E-state index in [4.69, 9.17) is 0 Å². The first-order valence-corrected chi connectivity index (χ1v) is 7.77. The Hall–Kier alpha value is -2.29. The van der Waals surface area contributed by atoms with E-state index < -0.39 is 0 Å². The van der Waals surface area contributed by atoms with Crippen LogP contribution in [-0.4, -0.2) is 26.4 Å². The molecule has 1 atom stereocenters. The third kappa shape index (κ3) is 4.10. The van der Waals surface area contributed by atoms with Gasteiger partial charge < -0.3 is 10.2 Å². The molecule has 0 heterocycles. The van der Waals surface area contributed by atoms with Crippen molar-refractivity contribution < 1.29 is 0 Å². The molecule has 2 aromatic carbocycles. The molecule has 1 unspecified atom stereocenters. The second-order valence-electron chi connectivity index (χ2n) is 5.68. The number of para-hydroxylation sites is 2. The summed E-state index contributed by atoms with van der Waals surface area (Å²) in [5.41, 5.74) is 4.39. The predicted molar refractivity (Wildman–Crippen MR) is 97.8 cm³/mol. The maximum atomic E-state index is 4.59. The molecule has 0 bridgehead atoms. The molecule has 3 heteroatoms. The maximum absolute atomic E-state index is 4.59. The molecule has 0 amide bonds. The Bertz CT molecular complexity index is 618. The van der Waals surface area contributed by atoms with Gasteiger partial charge in [-0.15, -0.1) is 0 Å². The van der Waals surface area contributed by atoms with Crippen LogP contribution in [0.5, 0.6) is 0 Å². The highest BCUT2D eigenvalue weighted by atomic mass is 15.1. The third-order valence-electron chi connectivity index (χ3n) is 3.67. The average molecular weight is 295 g/mol. The maximum Gasteiger partial charge on any atom is 0.0669 e. The second kappa shape index (κ2) is 7.64. The summed E-state index contributed by atoms with van der Waals surface area (Å²) in [5.74, 6) is 0. The lowest BCUT2D eigenvalue weighted by atomic mass is 10.1. The van der Waals surface area contributed by atoms with Crippen LogP contribution in [0, 0.1) is 0 Å². The molecule has 22 heavy (non-hydrogen) atoms. The molecule has 1 N–H and O–H groups in total. The van der Waals surface area contributed by atoms with Crippen molar-refractivity contribution in [3.63, 3.8) is 0 Å². The summed E-state index contributed by atoms with van der Waals surface area (Å²) in [5, 5.41) is 3.61.